The highest BCUT2D eigenvalue weighted by molar-refractivity contribution is 5.76. The van der Waals surface area contributed by atoms with Gasteiger partial charge in [-0.3, -0.25) is 19.2 Å². The second-order valence-electron chi connectivity index (χ2n) is 24.4. The summed E-state index contributed by atoms with van der Waals surface area (Å²) in [6.07, 6.45) is 67.6. The average molecular weight is 1110 g/mol. The molecule has 0 spiro atoms. The number of aliphatic carboxylic acids is 2. The van der Waals surface area contributed by atoms with Crippen LogP contribution in [0.4, 0.5) is 0 Å². The van der Waals surface area contributed by atoms with Gasteiger partial charge < -0.3 is 19.7 Å². The molecule has 1 aromatic carbocycles. The van der Waals surface area contributed by atoms with E-state index in [1.54, 1.807) is 0 Å². The Morgan fingerprint density at radius 2 is 0.532 bits per heavy atom. The molecule has 0 bridgehead atoms. The van der Waals surface area contributed by atoms with Crippen LogP contribution in [0, 0.1) is 0 Å². The highest BCUT2D eigenvalue weighted by Crippen LogP contribution is 2.36. The number of carbonyl (C=O) groups excluding carboxylic acids is 2. The molecule has 460 valence electrons. The van der Waals surface area contributed by atoms with Crippen molar-refractivity contribution in [2.24, 2.45) is 0 Å². The molecule has 0 amide bonds. The van der Waals surface area contributed by atoms with E-state index in [9.17, 15) is 19.2 Å². The van der Waals surface area contributed by atoms with Crippen LogP contribution in [0.25, 0.3) is 0 Å². The Morgan fingerprint density at radius 3 is 0.797 bits per heavy atom. The van der Waals surface area contributed by atoms with Crippen molar-refractivity contribution >= 4 is 23.9 Å². The van der Waals surface area contributed by atoms with Gasteiger partial charge in [0.25, 0.3) is 0 Å². The second-order valence-corrected chi connectivity index (χ2v) is 24.4. The summed E-state index contributed by atoms with van der Waals surface area (Å²) in [6, 6.07) is 6.11. The third-order valence-electron chi connectivity index (χ3n) is 16.7. The smallest absolute Gasteiger partial charge is 0.311 e. The molecular weight excluding hydrogens is 981 g/mol. The molecule has 0 aliphatic carbocycles. The quantitative estimate of drug-likeness (QED) is 0.0375. The summed E-state index contributed by atoms with van der Waals surface area (Å²) in [5, 5.41) is 17.7. The number of esters is 2. The molecule has 0 aliphatic rings. The molecule has 0 saturated carbocycles. The van der Waals surface area contributed by atoms with Crippen molar-refractivity contribution in [3.05, 3.63) is 23.8 Å². The van der Waals surface area contributed by atoms with Crippen molar-refractivity contribution in [3.63, 3.8) is 0 Å². The molecule has 0 radical (unpaired) electrons. The number of hydrogen-bond donors (Lipinski definition) is 2. The minimum atomic E-state index is -0.680. The van der Waals surface area contributed by atoms with Crippen LogP contribution in [0.15, 0.2) is 18.2 Å². The fourth-order valence-corrected chi connectivity index (χ4v) is 11.6. The van der Waals surface area contributed by atoms with Gasteiger partial charge in [-0.25, -0.2) is 0 Å². The molecule has 0 aromatic heterocycles. The third-order valence-corrected chi connectivity index (χ3v) is 16.7. The summed E-state index contributed by atoms with van der Waals surface area (Å²) in [4.78, 5) is 48.3. The van der Waals surface area contributed by atoms with E-state index in [4.69, 9.17) is 19.7 Å². The van der Waals surface area contributed by atoms with Crippen LogP contribution in [-0.2, 0) is 19.2 Å². The Bertz CT molecular complexity index is 1480. The minimum absolute atomic E-state index is 0.230. The Morgan fingerprint density at radius 1 is 0.304 bits per heavy atom. The summed E-state index contributed by atoms with van der Waals surface area (Å²) >= 11 is 0. The molecule has 79 heavy (non-hydrogen) atoms. The van der Waals surface area contributed by atoms with Crippen molar-refractivity contribution in [1.82, 2.24) is 0 Å². The lowest BCUT2D eigenvalue weighted by Crippen LogP contribution is -2.13. The van der Waals surface area contributed by atoms with Crippen LogP contribution in [0.2, 0.25) is 0 Å². The van der Waals surface area contributed by atoms with Crippen molar-refractivity contribution in [3.8, 4) is 11.5 Å². The van der Waals surface area contributed by atoms with Gasteiger partial charge in [0, 0.05) is 25.7 Å². The lowest BCUT2D eigenvalue weighted by Gasteiger charge is -2.20. The maximum Gasteiger partial charge on any atom is 0.311 e. The summed E-state index contributed by atoms with van der Waals surface area (Å²) < 4.78 is 12.2. The molecule has 1 aromatic rings. The average Bonchev–Trinajstić information content (AvgIpc) is 3.43. The topological polar surface area (TPSA) is 127 Å². The van der Waals surface area contributed by atoms with Gasteiger partial charge in [-0.2, -0.15) is 0 Å². The van der Waals surface area contributed by atoms with Gasteiger partial charge in [0.2, 0.25) is 0 Å². The van der Waals surface area contributed by atoms with E-state index in [2.05, 4.69) is 19.9 Å². The number of carbonyl (C=O) groups is 4. The first-order chi connectivity index (χ1) is 38.8. The van der Waals surface area contributed by atoms with Crippen molar-refractivity contribution in [1.29, 1.82) is 0 Å². The van der Waals surface area contributed by atoms with Crippen LogP contribution in [0.5, 0.6) is 11.5 Å². The first kappa shape index (κ1) is 74.1. The number of benzene rings is 1. The molecule has 2 N–H and O–H groups in total. The maximum absolute atomic E-state index is 13.5. The van der Waals surface area contributed by atoms with Crippen molar-refractivity contribution in [2.45, 2.75) is 392 Å². The standard InChI is InChI=1S/C71H128O8/c1-3-5-7-9-11-13-15-19-29-35-41-47-53-59-70(76)78-66-62-61-65(63-67(66)79-71(77)60-54-48-42-36-30-20-16-14-12-10-8-6-4-2)64(55-49-43-37-31-25-21-17-23-27-33-39-45-51-57-68(72)73)56-50-44-38-32-26-22-18-24-28-34-40-46-52-58-69(74)75/h61-64H,3-60H2,1-2H3,(H,72,73)(H,74,75). The third kappa shape index (κ3) is 51.7. The van der Waals surface area contributed by atoms with E-state index in [1.807, 2.05) is 12.1 Å². The zero-order chi connectivity index (χ0) is 57.2. The van der Waals surface area contributed by atoms with E-state index in [-0.39, 0.29) is 11.9 Å². The molecule has 8 heteroatoms. The van der Waals surface area contributed by atoms with Gasteiger partial charge in [0.05, 0.1) is 0 Å². The van der Waals surface area contributed by atoms with Crippen molar-refractivity contribution in [2.75, 3.05) is 0 Å². The second kappa shape index (κ2) is 58.3. The van der Waals surface area contributed by atoms with Crippen LogP contribution >= 0.6 is 0 Å². The van der Waals surface area contributed by atoms with Crippen LogP contribution in [0.1, 0.15) is 398 Å². The fourth-order valence-electron chi connectivity index (χ4n) is 11.6. The first-order valence-electron chi connectivity index (χ1n) is 34.8. The molecule has 0 fully saturated rings. The highest BCUT2D eigenvalue weighted by Gasteiger charge is 2.19. The van der Waals surface area contributed by atoms with Gasteiger partial charge in [-0.1, -0.05) is 328 Å². The first-order valence-corrected chi connectivity index (χ1v) is 34.8. The molecule has 0 unspecified atom stereocenters. The van der Waals surface area contributed by atoms with Gasteiger partial charge in [-0.15, -0.1) is 0 Å². The van der Waals surface area contributed by atoms with E-state index < -0.39 is 11.9 Å². The van der Waals surface area contributed by atoms with Gasteiger partial charge in [0.1, 0.15) is 0 Å². The number of rotatable bonds is 63. The van der Waals surface area contributed by atoms with E-state index in [1.165, 1.54) is 262 Å². The van der Waals surface area contributed by atoms with Crippen LogP contribution in [-0.4, -0.2) is 34.1 Å². The molecule has 8 nitrogen and oxygen atoms in total. The normalized spacial score (nSPS) is 11.5. The summed E-state index contributed by atoms with van der Waals surface area (Å²) in [5.41, 5.74) is 1.20. The number of hydrogen-bond acceptors (Lipinski definition) is 6. The predicted octanol–water partition coefficient (Wildman–Crippen LogP) is 23.4. The monoisotopic (exact) mass is 1110 g/mol. The zero-order valence-corrected chi connectivity index (χ0v) is 52.2. The van der Waals surface area contributed by atoms with E-state index in [0.717, 1.165) is 89.9 Å². The molecule has 0 saturated heterocycles. The highest BCUT2D eigenvalue weighted by atomic mass is 16.6. The summed E-state index contributed by atoms with van der Waals surface area (Å²) in [6.45, 7) is 4.55. The molecule has 0 atom stereocenters. The summed E-state index contributed by atoms with van der Waals surface area (Å²) in [7, 11) is 0. The molecule has 0 aliphatic heterocycles. The number of unbranched alkanes of at least 4 members (excludes halogenated alkanes) is 48. The fraction of sp³-hybridized carbons (Fsp3) is 0.859. The SMILES string of the molecule is CCCCCCCCCCCCCCCC(=O)Oc1ccc(C(CCCCCCCCCCCCCCCC(=O)O)CCCCCCCCCCCCCCCC(=O)O)cc1OC(=O)CCCCCCCCCCCCCCC. The van der Waals surface area contributed by atoms with E-state index in [0.29, 0.717) is 43.1 Å². The minimum Gasteiger partial charge on any atom is -0.481 e. The van der Waals surface area contributed by atoms with Gasteiger partial charge in [0.15, 0.2) is 11.5 Å². The molecule has 1 rings (SSSR count). The molecular formula is C71H128O8. The predicted molar refractivity (Wildman–Crippen MR) is 335 cm³/mol. The Balaban J connectivity index is 2.83. The van der Waals surface area contributed by atoms with Crippen LogP contribution in [0.3, 0.4) is 0 Å². The van der Waals surface area contributed by atoms with Crippen molar-refractivity contribution < 1.29 is 38.9 Å². The van der Waals surface area contributed by atoms with Gasteiger partial charge in [-0.05, 0) is 62.1 Å². The molecule has 0 heterocycles. The lowest BCUT2D eigenvalue weighted by atomic mass is 9.87. The van der Waals surface area contributed by atoms with Gasteiger partial charge >= 0.3 is 23.9 Å². The Labute approximate surface area is 488 Å². The Hall–Kier alpha value is -2.90. The zero-order valence-electron chi connectivity index (χ0n) is 52.2. The maximum atomic E-state index is 13.5. The number of ether oxygens (including phenoxy) is 2. The number of carboxylic acid groups (broad SMARTS) is 2. The van der Waals surface area contributed by atoms with Crippen LogP contribution < -0.4 is 9.47 Å². The number of carboxylic acids is 2. The summed E-state index contributed by atoms with van der Waals surface area (Å²) in [5.74, 6) is -0.671. The lowest BCUT2D eigenvalue weighted by molar-refractivity contribution is -0.138. The Kier molecular flexibility index (Phi) is 54.7. The van der Waals surface area contributed by atoms with E-state index >= 15 is 0 Å². The largest absolute Gasteiger partial charge is 0.481 e.